The third-order valence-electron chi connectivity index (χ3n) is 2.39. The lowest BCUT2D eigenvalue weighted by Crippen LogP contribution is -2.39. The fraction of sp³-hybridized carbons (Fsp3) is 0.308. The minimum Gasteiger partial charge on any atom is -0.366 e. The van der Waals surface area contributed by atoms with Crippen molar-refractivity contribution in [2.75, 3.05) is 0 Å². The summed E-state index contributed by atoms with van der Waals surface area (Å²) in [7, 11) is -1.43. The molecule has 2 rings (SSSR count). The second-order valence-electron chi connectivity index (χ2n) is 4.97. The van der Waals surface area contributed by atoms with Crippen LogP contribution < -0.4 is 4.57 Å². The first kappa shape index (κ1) is 11.3. The molecule has 0 atom stereocenters. The molecule has 1 heterocycles. The zero-order valence-corrected chi connectivity index (χ0v) is 11.1. The van der Waals surface area contributed by atoms with E-state index in [1.54, 1.807) is 0 Å². The lowest BCUT2D eigenvalue weighted by atomic mass is 10.2. The van der Waals surface area contributed by atoms with Gasteiger partial charge in [0.25, 0.3) is 0 Å². The maximum Gasteiger partial charge on any atom is 0.243 e. The number of hydrogen-bond donors (Lipinski definition) is 0. The van der Waals surface area contributed by atoms with Gasteiger partial charge in [-0.15, -0.1) is 0 Å². The molecular weight excluding hydrogens is 214 g/mol. The Labute approximate surface area is 97.6 Å². The number of fused-ring (bicyclic) bond motifs is 1. The normalized spacial score (nSPS) is 11.9. The molecule has 0 saturated carbocycles. The highest BCUT2D eigenvalue weighted by Crippen LogP contribution is 2.10. The summed E-state index contributed by atoms with van der Waals surface area (Å²) >= 11 is 0. The van der Waals surface area contributed by atoms with Gasteiger partial charge in [0.2, 0.25) is 6.73 Å². The molecule has 0 aliphatic rings. The van der Waals surface area contributed by atoms with E-state index in [9.17, 15) is 0 Å². The topological polar surface area (TPSA) is 13.1 Å². The molecule has 2 aromatic rings. The van der Waals surface area contributed by atoms with Gasteiger partial charge in [-0.3, -0.25) is 0 Å². The molecule has 0 N–H and O–H groups in total. The van der Waals surface area contributed by atoms with E-state index in [0.717, 1.165) is 0 Å². The summed E-state index contributed by atoms with van der Waals surface area (Å²) < 4.78 is 7.96. The minimum atomic E-state index is -1.43. The van der Waals surface area contributed by atoms with Crippen molar-refractivity contribution in [3.05, 3.63) is 42.7 Å². The lowest BCUT2D eigenvalue weighted by Gasteiger charge is -2.14. The van der Waals surface area contributed by atoms with E-state index in [1.807, 2.05) is 0 Å². The molecule has 0 bridgehead atoms. The van der Waals surface area contributed by atoms with Crippen LogP contribution in [0.15, 0.2) is 42.7 Å². The molecule has 0 amide bonds. The Hall–Kier alpha value is -1.19. The van der Waals surface area contributed by atoms with Crippen molar-refractivity contribution in [3.8, 4) is 0 Å². The maximum absolute atomic E-state index is 5.87. The van der Waals surface area contributed by atoms with E-state index >= 15 is 0 Å². The average Bonchev–Trinajstić information content (AvgIpc) is 2.25. The SMILES string of the molecule is C[Si](C)(C)OC[n+]1ccc2ccccc2c1. The summed E-state index contributed by atoms with van der Waals surface area (Å²) in [5, 5.41) is 2.52. The molecule has 1 aromatic heterocycles. The first-order chi connectivity index (χ1) is 7.54. The highest BCUT2D eigenvalue weighted by atomic mass is 28.4. The first-order valence-corrected chi connectivity index (χ1v) is 8.97. The van der Waals surface area contributed by atoms with Crippen LogP contribution >= 0.6 is 0 Å². The van der Waals surface area contributed by atoms with Crippen molar-refractivity contribution in [2.45, 2.75) is 26.4 Å². The van der Waals surface area contributed by atoms with Crippen molar-refractivity contribution in [1.29, 1.82) is 0 Å². The van der Waals surface area contributed by atoms with Crippen LogP contribution in [0, 0.1) is 0 Å². The Morgan fingerprint density at radius 1 is 1.06 bits per heavy atom. The van der Waals surface area contributed by atoms with Crippen LogP contribution in [0.1, 0.15) is 0 Å². The maximum atomic E-state index is 5.87. The molecule has 0 spiro atoms. The first-order valence-electron chi connectivity index (χ1n) is 5.56. The molecule has 0 radical (unpaired) electrons. The molecule has 0 saturated heterocycles. The van der Waals surface area contributed by atoms with E-state index in [2.05, 4.69) is 66.9 Å². The number of rotatable bonds is 3. The van der Waals surface area contributed by atoms with Gasteiger partial charge in [0.15, 0.2) is 20.7 Å². The van der Waals surface area contributed by atoms with Gasteiger partial charge in [-0.2, -0.15) is 4.57 Å². The average molecular weight is 232 g/mol. The molecule has 0 aliphatic heterocycles. The summed E-state index contributed by atoms with van der Waals surface area (Å²) in [6.45, 7) is 7.26. The summed E-state index contributed by atoms with van der Waals surface area (Å²) in [4.78, 5) is 0. The Morgan fingerprint density at radius 3 is 2.44 bits per heavy atom. The predicted octanol–water partition coefficient (Wildman–Crippen LogP) is 2.94. The lowest BCUT2D eigenvalue weighted by molar-refractivity contribution is -0.725. The van der Waals surface area contributed by atoms with Crippen LogP contribution in [0.2, 0.25) is 19.6 Å². The molecule has 1 aromatic carbocycles. The van der Waals surface area contributed by atoms with E-state index < -0.39 is 8.32 Å². The highest BCUT2D eigenvalue weighted by Gasteiger charge is 2.16. The number of nitrogens with zero attached hydrogens (tertiary/aromatic N) is 1. The summed E-state index contributed by atoms with van der Waals surface area (Å²) in [6.07, 6.45) is 4.21. The van der Waals surface area contributed by atoms with Crippen molar-refractivity contribution < 1.29 is 8.99 Å². The Kier molecular flexibility index (Phi) is 3.07. The van der Waals surface area contributed by atoms with Gasteiger partial charge in [0.05, 0.1) is 0 Å². The molecule has 84 valence electrons. The van der Waals surface area contributed by atoms with Crippen LogP contribution in [-0.2, 0) is 11.2 Å². The van der Waals surface area contributed by atoms with Crippen molar-refractivity contribution >= 4 is 19.1 Å². The minimum absolute atomic E-state index is 0.653. The Balaban J connectivity index is 2.20. The van der Waals surface area contributed by atoms with E-state index in [1.165, 1.54) is 10.8 Å². The molecule has 0 unspecified atom stereocenters. The van der Waals surface area contributed by atoms with E-state index in [4.69, 9.17) is 4.43 Å². The second-order valence-corrected chi connectivity index (χ2v) is 9.49. The summed E-state index contributed by atoms with van der Waals surface area (Å²) in [6, 6.07) is 10.5. The fourth-order valence-electron chi connectivity index (χ4n) is 1.53. The van der Waals surface area contributed by atoms with E-state index in [-0.39, 0.29) is 0 Å². The van der Waals surface area contributed by atoms with Gasteiger partial charge in [-0.1, -0.05) is 18.2 Å². The Morgan fingerprint density at radius 2 is 1.75 bits per heavy atom. The monoisotopic (exact) mass is 232 g/mol. The van der Waals surface area contributed by atoms with Crippen LogP contribution in [0.25, 0.3) is 10.8 Å². The number of hydrogen-bond acceptors (Lipinski definition) is 1. The fourth-order valence-corrected chi connectivity index (χ4v) is 2.06. The standard InChI is InChI=1S/C13H18NOSi/c1-16(2,3)15-11-14-9-8-12-6-4-5-7-13(12)10-14/h4-10H,11H2,1-3H3/q+1. The van der Waals surface area contributed by atoms with Gasteiger partial charge in [-0.25, -0.2) is 0 Å². The zero-order valence-electron chi connectivity index (χ0n) is 10.1. The highest BCUT2D eigenvalue weighted by molar-refractivity contribution is 6.69. The third-order valence-corrected chi connectivity index (χ3v) is 3.39. The number of pyridine rings is 1. The smallest absolute Gasteiger partial charge is 0.243 e. The molecule has 0 aliphatic carbocycles. The molecule has 0 fully saturated rings. The third kappa shape index (κ3) is 2.90. The molecule has 16 heavy (non-hydrogen) atoms. The molecular formula is C13H18NOSi+. The van der Waals surface area contributed by atoms with Gasteiger partial charge < -0.3 is 4.43 Å². The summed E-state index contributed by atoms with van der Waals surface area (Å²) in [5.74, 6) is 0. The van der Waals surface area contributed by atoms with Crippen LogP contribution in [0.4, 0.5) is 0 Å². The van der Waals surface area contributed by atoms with Gasteiger partial charge >= 0.3 is 0 Å². The van der Waals surface area contributed by atoms with E-state index in [0.29, 0.717) is 6.73 Å². The second kappa shape index (κ2) is 4.35. The predicted molar refractivity (Wildman–Crippen MR) is 68.6 cm³/mol. The quantitative estimate of drug-likeness (QED) is 0.586. The zero-order chi connectivity index (χ0) is 11.6. The number of aromatic nitrogens is 1. The van der Waals surface area contributed by atoms with Crippen molar-refractivity contribution in [3.63, 3.8) is 0 Å². The van der Waals surface area contributed by atoms with Gasteiger partial charge in [0.1, 0.15) is 0 Å². The Bertz CT molecular complexity index is 491. The van der Waals surface area contributed by atoms with Gasteiger partial charge in [0, 0.05) is 11.5 Å². The summed E-state index contributed by atoms with van der Waals surface area (Å²) in [5.41, 5.74) is 0. The van der Waals surface area contributed by atoms with Crippen molar-refractivity contribution in [1.82, 2.24) is 0 Å². The number of benzene rings is 1. The molecule has 2 nitrogen and oxygen atoms in total. The largest absolute Gasteiger partial charge is 0.366 e. The van der Waals surface area contributed by atoms with Crippen LogP contribution in [-0.4, -0.2) is 8.32 Å². The van der Waals surface area contributed by atoms with Crippen molar-refractivity contribution in [2.24, 2.45) is 0 Å². The van der Waals surface area contributed by atoms with Crippen LogP contribution in [0.3, 0.4) is 0 Å². The molecule has 3 heteroatoms. The van der Waals surface area contributed by atoms with Crippen LogP contribution in [0.5, 0.6) is 0 Å². The van der Waals surface area contributed by atoms with Gasteiger partial charge in [-0.05, 0) is 31.1 Å².